The van der Waals surface area contributed by atoms with E-state index in [2.05, 4.69) is 10.6 Å². The summed E-state index contributed by atoms with van der Waals surface area (Å²) in [5.74, 6) is 0.504. The monoisotopic (exact) mass is 446 g/mol. The molecule has 3 N–H and O–H groups in total. The van der Waals surface area contributed by atoms with Gasteiger partial charge in [0.2, 0.25) is 0 Å². The summed E-state index contributed by atoms with van der Waals surface area (Å²) in [5, 5.41) is 17.8. The van der Waals surface area contributed by atoms with Gasteiger partial charge in [-0.15, -0.1) is 0 Å². The zero-order valence-corrected chi connectivity index (χ0v) is 18.3. The Hall–Kier alpha value is -3.44. The fourth-order valence-corrected chi connectivity index (χ4v) is 4.93. The number of benzene rings is 3. The number of methoxy groups -OCH3 is 1. The van der Waals surface area contributed by atoms with Gasteiger partial charge in [-0.3, -0.25) is 4.79 Å². The standard InChI is InChI=1S/C26H23ClN2O3/c1-32-24-14-15(10-11-22(24)30)26-25-21(28-19-8-4-5-9-20(19)29-26)12-16(13-23(25)31)17-6-2-3-7-18(17)27/h2-11,14,16,26,28-30H,12-13H2,1H3/t16-,26-/m1/s1. The van der Waals surface area contributed by atoms with Crippen LogP contribution in [0.3, 0.4) is 0 Å². The molecule has 1 heterocycles. The number of phenols is 1. The van der Waals surface area contributed by atoms with Crippen molar-refractivity contribution in [2.75, 3.05) is 17.7 Å². The SMILES string of the molecule is COc1cc([C@H]2Nc3ccccc3NC3=C2C(=O)C[C@H](c2ccccc2Cl)C3)ccc1O. The van der Waals surface area contributed by atoms with Gasteiger partial charge >= 0.3 is 0 Å². The van der Waals surface area contributed by atoms with E-state index in [1.807, 2.05) is 54.6 Å². The minimum absolute atomic E-state index is 0.00251. The summed E-state index contributed by atoms with van der Waals surface area (Å²) in [7, 11) is 1.51. The number of rotatable bonds is 3. The number of hydrogen-bond donors (Lipinski definition) is 3. The first-order valence-electron chi connectivity index (χ1n) is 10.6. The van der Waals surface area contributed by atoms with E-state index in [0.717, 1.165) is 28.2 Å². The van der Waals surface area contributed by atoms with Crippen molar-refractivity contribution in [3.05, 3.63) is 94.1 Å². The van der Waals surface area contributed by atoms with Gasteiger partial charge in [-0.25, -0.2) is 0 Å². The molecule has 0 fully saturated rings. The molecule has 3 aromatic rings. The van der Waals surface area contributed by atoms with Crippen LogP contribution in [0, 0.1) is 0 Å². The number of Topliss-reactive ketones (excluding diaryl/α,β-unsaturated/α-hetero) is 1. The zero-order chi connectivity index (χ0) is 22.2. The van der Waals surface area contributed by atoms with Crippen molar-refractivity contribution in [1.82, 2.24) is 0 Å². The molecule has 0 aromatic heterocycles. The van der Waals surface area contributed by atoms with Crippen molar-refractivity contribution >= 4 is 28.8 Å². The Morgan fingerprint density at radius 1 is 1.00 bits per heavy atom. The lowest BCUT2D eigenvalue weighted by Gasteiger charge is -2.30. The van der Waals surface area contributed by atoms with Gasteiger partial charge in [0.1, 0.15) is 0 Å². The first-order chi connectivity index (χ1) is 15.5. The number of carbonyl (C=O) groups is 1. The summed E-state index contributed by atoms with van der Waals surface area (Å²) in [5.41, 5.74) is 5.25. The predicted octanol–water partition coefficient (Wildman–Crippen LogP) is 6.03. The van der Waals surface area contributed by atoms with Gasteiger partial charge in [0.15, 0.2) is 17.3 Å². The number of anilines is 2. The smallest absolute Gasteiger partial charge is 0.163 e. The third-order valence-corrected chi connectivity index (χ3v) is 6.54. The van der Waals surface area contributed by atoms with E-state index < -0.39 is 0 Å². The van der Waals surface area contributed by atoms with Gasteiger partial charge in [-0.05, 0) is 53.8 Å². The number of aromatic hydroxyl groups is 1. The van der Waals surface area contributed by atoms with Crippen LogP contribution in [0.4, 0.5) is 11.4 Å². The molecule has 2 aliphatic rings. The average molecular weight is 447 g/mol. The molecule has 0 amide bonds. The number of ether oxygens (including phenoxy) is 1. The number of para-hydroxylation sites is 2. The lowest BCUT2D eigenvalue weighted by atomic mass is 9.78. The summed E-state index contributed by atoms with van der Waals surface area (Å²) >= 11 is 6.47. The molecule has 1 aliphatic carbocycles. The third-order valence-electron chi connectivity index (χ3n) is 6.19. The Kier molecular flexibility index (Phi) is 5.27. The molecule has 0 radical (unpaired) electrons. The number of halogens is 1. The molecule has 6 heteroatoms. The van der Waals surface area contributed by atoms with Crippen LogP contribution >= 0.6 is 11.6 Å². The number of fused-ring (bicyclic) bond motifs is 1. The molecule has 162 valence electrons. The van der Waals surface area contributed by atoms with Crippen molar-refractivity contribution in [3.8, 4) is 11.5 Å². The summed E-state index contributed by atoms with van der Waals surface area (Å²) in [6.45, 7) is 0. The molecular weight excluding hydrogens is 424 g/mol. The van der Waals surface area contributed by atoms with Crippen molar-refractivity contribution in [3.63, 3.8) is 0 Å². The van der Waals surface area contributed by atoms with Gasteiger partial charge in [-0.2, -0.15) is 0 Å². The van der Waals surface area contributed by atoms with Crippen LogP contribution in [0.5, 0.6) is 11.5 Å². The maximum absolute atomic E-state index is 13.6. The van der Waals surface area contributed by atoms with Crippen LogP contribution in [-0.2, 0) is 4.79 Å². The highest BCUT2D eigenvalue weighted by molar-refractivity contribution is 6.31. The summed E-state index contributed by atoms with van der Waals surface area (Å²) in [4.78, 5) is 13.6. The van der Waals surface area contributed by atoms with E-state index in [1.54, 1.807) is 12.1 Å². The second-order valence-corrected chi connectivity index (χ2v) is 8.53. The summed E-state index contributed by atoms with van der Waals surface area (Å²) < 4.78 is 5.32. The average Bonchev–Trinajstić information content (AvgIpc) is 2.96. The molecule has 0 unspecified atom stereocenters. The van der Waals surface area contributed by atoms with Gasteiger partial charge < -0.3 is 20.5 Å². The topological polar surface area (TPSA) is 70.6 Å². The molecule has 3 aromatic carbocycles. The molecule has 2 atom stereocenters. The van der Waals surface area contributed by atoms with Gasteiger partial charge in [-0.1, -0.05) is 48.0 Å². The highest BCUT2D eigenvalue weighted by Gasteiger charge is 2.36. The Labute approximate surface area is 191 Å². The maximum Gasteiger partial charge on any atom is 0.163 e. The second kappa shape index (κ2) is 8.24. The number of phenolic OH excluding ortho intramolecular Hbond substituents is 1. The first-order valence-corrected chi connectivity index (χ1v) is 10.9. The third kappa shape index (κ3) is 3.59. The van der Waals surface area contributed by atoms with Gasteiger partial charge in [0.05, 0.1) is 24.5 Å². The van der Waals surface area contributed by atoms with Crippen molar-refractivity contribution in [1.29, 1.82) is 0 Å². The van der Waals surface area contributed by atoms with Crippen LogP contribution in [0.2, 0.25) is 5.02 Å². The Morgan fingerprint density at radius 2 is 1.75 bits per heavy atom. The highest BCUT2D eigenvalue weighted by atomic mass is 35.5. The normalized spacial score (nSPS) is 19.9. The lowest BCUT2D eigenvalue weighted by Crippen LogP contribution is -2.27. The summed E-state index contributed by atoms with van der Waals surface area (Å²) in [6.07, 6.45) is 1.06. The molecule has 5 nitrogen and oxygen atoms in total. The fraction of sp³-hybridized carbons (Fsp3) is 0.192. The molecule has 1 aliphatic heterocycles. The van der Waals surface area contributed by atoms with Gasteiger partial charge in [0, 0.05) is 22.7 Å². The van der Waals surface area contributed by atoms with E-state index in [0.29, 0.717) is 29.2 Å². The van der Waals surface area contributed by atoms with E-state index in [1.165, 1.54) is 7.11 Å². The quantitative estimate of drug-likeness (QED) is 0.458. The number of carbonyl (C=O) groups excluding carboxylic acids is 1. The van der Waals surface area contributed by atoms with Crippen molar-refractivity contribution in [2.45, 2.75) is 24.8 Å². The number of nitrogens with one attached hydrogen (secondary N) is 2. The Morgan fingerprint density at radius 3 is 2.53 bits per heavy atom. The van der Waals surface area contributed by atoms with Crippen LogP contribution in [0.1, 0.15) is 35.9 Å². The number of ketones is 1. The van der Waals surface area contributed by atoms with Crippen LogP contribution < -0.4 is 15.4 Å². The van der Waals surface area contributed by atoms with E-state index in [-0.39, 0.29) is 23.5 Å². The molecule has 0 spiro atoms. The van der Waals surface area contributed by atoms with Crippen molar-refractivity contribution in [2.24, 2.45) is 0 Å². The molecule has 5 rings (SSSR count). The molecular formula is C26H23ClN2O3. The molecule has 32 heavy (non-hydrogen) atoms. The van der Waals surface area contributed by atoms with E-state index in [4.69, 9.17) is 16.3 Å². The zero-order valence-electron chi connectivity index (χ0n) is 17.6. The van der Waals surface area contributed by atoms with Crippen LogP contribution in [0.15, 0.2) is 78.0 Å². The van der Waals surface area contributed by atoms with E-state index >= 15 is 0 Å². The van der Waals surface area contributed by atoms with Crippen molar-refractivity contribution < 1.29 is 14.6 Å². The second-order valence-electron chi connectivity index (χ2n) is 8.12. The predicted molar refractivity (Wildman–Crippen MR) is 127 cm³/mol. The largest absolute Gasteiger partial charge is 0.504 e. The minimum Gasteiger partial charge on any atom is -0.504 e. The fourth-order valence-electron chi connectivity index (χ4n) is 4.64. The van der Waals surface area contributed by atoms with E-state index in [9.17, 15) is 9.90 Å². The van der Waals surface area contributed by atoms with Gasteiger partial charge in [0.25, 0.3) is 0 Å². The lowest BCUT2D eigenvalue weighted by molar-refractivity contribution is -0.116. The maximum atomic E-state index is 13.6. The van der Waals surface area contributed by atoms with Crippen LogP contribution in [0.25, 0.3) is 0 Å². The Balaban J connectivity index is 1.63. The molecule has 0 saturated heterocycles. The van der Waals surface area contributed by atoms with Crippen LogP contribution in [-0.4, -0.2) is 18.0 Å². The number of hydrogen-bond acceptors (Lipinski definition) is 5. The first kappa shape index (κ1) is 20.5. The highest BCUT2D eigenvalue weighted by Crippen LogP contribution is 2.46. The molecule has 0 bridgehead atoms. The molecule has 0 saturated carbocycles. The Bertz CT molecular complexity index is 1240. The summed E-state index contributed by atoms with van der Waals surface area (Å²) in [6, 6.07) is 20.5. The number of allylic oxidation sites excluding steroid dienone is 1. The minimum atomic E-state index is -0.379.